The molecule has 0 aliphatic rings. The van der Waals surface area contributed by atoms with Gasteiger partial charge in [0.15, 0.2) is 0 Å². The van der Waals surface area contributed by atoms with Crippen LogP contribution in [0.3, 0.4) is 0 Å². The highest BCUT2D eigenvalue weighted by Crippen LogP contribution is 2.24. The first-order valence-electron chi connectivity index (χ1n) is 5.37. The van der Waals surface area contributed by atoms with Crippen molar-refractivity contribution in [3.8, 4) is 5.75 Å². The number of benzene rings is 1. The van der Waals surface area contributed by atoms with Crippen LogP contribution in [0.15, 0.2) is 24.3 Å². The van der Waals surface area contributed by atoms with E-state index >= 15 is 0 Å². The van der Waals surface area contributed by atoms with Crippen LogP contribution in [0.1, 0.15) is 20.8 Å². The smallest absolute Gasteiger partial charge is 0.235 e. The number of aromatic hydroxyl groups is 1. The number of nitrogens with zero attached hydrogens (tertiary/aromatic N) is 1. The molecule has 0 aliphatic carbocycles. The number of sulfonamides is 1. The van der Waals surface area contributed by atoms with E-state index in [0.717, 1.165) is 0 Å². The second-order valence-electron chi connectivity index (χ2n) is 5.30. The van der Waals surface area contributed by atoms with E-state index in [9.17, 15) is 13.5 Å². The summed E-state index contributed by atoms with van der Waals surface area (Å²) in [6.07, 6.45) is 0. The lowest BCUT2D eigenvalue weighted by Gasteiger charge is -2.25. The summed E-state index contributed by atoms with van der Waals surface area (Å²) in [5, 5.41) is 9.34. The highest BCUT2D eigenvalue weighted by atomic mass is 32.2. The number of rotatable bonds is 3. The van der Waals surface area contributed by atoms with Crippen LogP contribution in [0.25, 0.3) is 0 Å². The normalized spacial score (nSPS) is 12.5. The highest BCUT2D eigenvalue weighted by molar-refractivity contribution is 7.92. The number of phenolic OH excluding ortho intramolecular Hbond substituents is 1. The number of hydrogen-bond donors (Lipinski definition) is 1. The average Bonchev–Trinajstić information content (AvgIpc) is 2.12. The van der Waals surface area contributed by atoms with Gasteiger partial charge in [-0.1, -0.05) is 26.8 Å². The van der Waals surface area contributed by atoms with Gasteiger partial charge in [0.25, 0.3) is 0 Å². The molecule has 0 spiro atoms. The van der Waals surface area contributed by atoms with Gasteiger partial charge in [-0.25, -0.2) is 8.42 Å². The standard InChI is InChI=1S/C12H19NO3S/c1-12(2,3)9-17(15,16)13(4)10-6-5-7-11(14)8-10/h5-8,14H,9H2,1-4H3. The van der Waals surface area contributed by atoms with Crippen LogP contribution in [0, 0.1) is 5.41 Å². The van der Waals surface area contributed by atoms with Crippen molar-refractivity contribution < 1.29 is 13.5 Å². The first-order valence-corrected chi connectivity index (χ1v) is 6.98. The Balaban J connectivity index is 3.01. The van der Waals surface area contributed by atoms with Crippen LogP contribution in [-0.4, -0.2) is 26.3 Å². The molecule has 1 N–H and O–H groups in total. The quantitative estimate of drug-likeness (QED) is 0.903. The summed E-state index contributed by atoms with van der Waals surface area (Å²) in [4.78, 5) is 0. The molecule has 0 fully saturated rings. The van der Waals surface area contributed by atoms with Crippen LogP contribution >= 0.6 is 0 Å². The molecule has 4 nitrogen and oxygen atoms in total. The lowest BCUT2D eigenvalue weighted by Crippen LogP contribution is -2.34. The first kappa shape index (κ1) is 13.8. The molecular formula is C12H19NO3S. The van der Waals surface area contributed by atoms with Crippen LogP contribution in [-0.2, 0) is 10.0 Å². The molecule has 0 aliphatic heterocycles. The molecule has 0 saturated heterocycles. The fourth-order valence-corrected chi connectivity index (χ4v) is 3.22. The van der Waals surface area contributed by atoms with Crippen molar-refractivity contribution in [1.29, 1.82) is 0 Å². The molecule has 1 aromatic rings. The molecule has 0 radical (unpaired) electrons. The van der Waals surface area contributed by atoms with Gasteiger partial charge < -0.3 is 5.11 Å². The predicted molar refractivity (Wildman–Crippen MR) is 69.8 cm³/mol. The summed E-state index contributed by atoms with van der Waals surface area (Å²) in [5.41, 5.74) is 0.165. The molecule has 0 saturated carbocycles. The Hall–Kier alpha value is -1.23. The fraction of sp³-hybridized carbons (Fsp3) is 0.500. The number of phenols is 1. The zero-order chi connectivity index (χ0) is 13.3. The third-order valence-electron chi connectivity index (χ3n) is 2.23. The Morgan fingerprint density at radius 3 is 2.35 bits per heavy atom. The van der Waals surface area contributed by atoms with Crippen LogP contribution in [0.4, 0.5) is 5.69 Å². The van der Waals surface area contributed by atoms with Crippen LogP contribution < -0.4 is 4.31 Å². The first-order chi connectivity index (χ1) is 7.62. The molecule has 1 rings (SSSR count). The Kier molecular flexibility index (Phi) is 3.71. The van der Waals surface area contributed by atoms with Crippen molar-refractivity contribution in [3.63, 3.8) is 0 Å². The monoisotopic (exact) mass is 257 g/mol. The summed E-state index contributed by atoms with van der Waals surface area (Å²) in [5.74, 6) is 0.118. The second kappa shape index (κ2) is 4.56. The third-order valence-corrected chi connectivity index (χ3v) is 4.50. The van der Waals surface area contributed by atoms with E-state index in [2.05, 4.69) is 0 Å². The fourth-order valence-electron chi connectivity index (χ4n) is 1.49. The summed E-state index contributed by atoms with van der Waals surface area (Å²) < 4.78 is 25.4. The maximum absolute atomic E-state index is 12.1. The molecule has 0 atom stereocenters. The van der Waals surface area contributed by atoms with E-state index in [1.165, 1.54) is 23.5 Å². The topological polar surface area (TPSA) is 57.6 Å². The third kappa shape index (κ3) is 3.93. The molecule has 17 heavy (non-hydrogen) atoms. The van der Waals surface area contributed by atoms with Crippen molar-refractivity contribution in [3.05, 3.63) is 24.3 Å². The maximum Gasteiger partial charge on any atom is 0.235 e. The largest absolute Gasteiger partial charge is 0.508 e. The zero-order valence-corrected chi connectivity index (χ0v) is 11.5. The Morgan fingerprint density at radius 1 is 1.29 bits per heavy atom. The highest BCUT2D eigenvalue weighted by Gasteiger charge is 2.25. The molecule has 0 bridgehead atoms. The summed E-state index contributed by atoms with van der Waals surface area (Å²) in [7, 11) is -1.87. The van der Waals surface area contributed by atoms with E-state index in [4.69, 9.17) is 0 Å². The molecule has 0 unspecified atom stereocenters. The summed E-state index contributed by atoms with van der Waals surface area (Å²) in [6.45, 7) is 5.63. The van der Waals surface area contributed by atoms with Crippen molar-refractivity contribution in [1.82, 2.24) is 0 Å². The average molecular weight is 257 g/mol. The number of hydrogen-bond acceptors (Lipinski definition) is 3. The van der Waals surface area contributed by atoms with Crippen molar-refractivity contribution in [2.24, 2.45) is 5.41 Å². The van der Waals surface area contributed by atoms with Crippen molar-refractivity contribution in [2.75, 3.05) is 17.1 Å². The SMILES string of the molecule is CN(c1cccc(O)c1)S(=O)(=O)CC(C)(C)C. The second-order valence-corrected chi connectivity index (χ2v) is 7.30. The van der Waals surface area contributed by atoms with Gasteiger partial charge in [-0.2, -0.15) is 0 Å². The van der Waals surface area contributed by atoms with Gasteiger partial charge in [0.1, 0.15) is 5.75 Å². The molecule has 0 heterocycles. The van der Waals surface area contributed by atoms with Gasteiger partial charge in [0.2, 0.25) is 10.0 Å². The maximum atomic E-state index is 12.1. The Morgan fingerprint density at radius 2 is 1.88 bits per heavy atom. The molecular weight excluding hydrogens is 238 g/mol. The number of anilines is 1. The zero-order valence-electron chi connectivity index (χ0n) is 10.6. The minimum absolute atomic E-state index is 0.0558. The van der Waals surface area contributed by atoms with Crippen molar-refractivity contribution in [2.45, 2.75) is 20.8 Å². The van der Waals surface area contributed by atoms with Gasteiger partial charge in [0.05, 0.1) is 11.4 Å². The minimum atomic E-state index is -3.37. The molecule has 0 aromatic heterocycles. The predicted octanol–water partition coefficient (Wildman–Crippen LogP) is 2.20. The molecule has 5 heteroatoms. The van der Waals surface area contributed by atoms with Crippen LogP contribution in [0.5, 0.6) is 5.75 Å². The van der Waals surface area contributed by atoms with Gasteiger partial charge in [0, 0.05) is 13.1 Å². The van der Waals surface area contributed by atoms with Gasteiger partial charge in [-0.15, -0.1) is 0 Å². The Labute approximate surface area is 103 Å². The lowest BCUT2D eigenvalue weighted by atomic mass is 10.0. The van der Waals surface area contributed by atoms with E-state index in [1.807, 2.05) is 20.8 Å². The van der Waals surface area contributed by atoms with E-state index in [0.29, 0.717) is 5.69 Å². The van der Waals surface area contributed by atoms with Crippen molar-refractivity contribution >= 4 is 15.7 Å². The van der Waals surface area contributed by atoms with E-state index in [-0.39, 0.29) is 16.9 Å². The summed E-state index contributed by atoms with van der Waals surface area (Å²) in [6, 6.07) is 6.21. The van der Waals surface area contributed by atoms with E-state index in [1.54, 1.807) is 12.1 Å². The van der Waals surface area contributed by atoms with Gasteiger partial charge in [-0.05, 0) is 17.5 Å². The molecule has 96 valence electrons. The Bertz CT molecular complexity index is 489. The minimum Gasteiger partial charge on any atom is -0.508 e. The molecule has 0 amide bonds. The van der Waals surface area contributed by atoms with Gasteiger partial charge in [-0.3, -0.25) is 4.31 Å². The lowest BCUT2D eigenvalue weighted by molar-refractivity contribution is 0.461. The van der Waals surface area contributed by atoms with E-state index < -0.39 is 10.0 Å². The summed E-state index contributed by atoms with van der Waals surface area (Å²) >= 11 is 0. The van der Waals surface area contributed by atoms with Crippen LogP contribution in [0.2, 0.25) is 0 Å². The van der Waals surface area contributed by atoms with Gasteiger partial charge >= 0.3 is 0 Å². The molecule has 1 aromatic carbocycles.